The Morgan fingerprint density at radius 3 is 1.73 bits per heavy atom. The summed E-state index contributed by atoms with van der Waals surface area (Å²) in [5.41, 5.74) is 2.10. The van der Waals surface area contributed by atoms with Gasteiger partial charge in [0.05, 0.1) is 12.6 Å². The Hall–Kier alpha value is -2.17. The van der Waals surface area contributed by atoms with Crippen molar-refractivity contribution < 1.29 is 19.5 Å². The van der Waals surface area contributed by atoms with E-state index >= 15 is 0 Å². The molecule has 2 aromatic rings. The van der Waals surface area contributed by atoms with Crippen LogP contribution in [0.3, 0.4) is 0 Å². The van der Waals surface area contributed by atoms with Gasteiger partial charge < -0.3 is 19.5 Å². The number of carbonyl (C=O) groups excluding carboxylic acids is 1. The van der Waals surface area contributed by atoms with Crippen molar-refractivity contribution in [3.63, 3.8) is 0 Å². The lowest BCUT2D eigenvalue weighted by molar-refractivity contribution is -0.948. The van der Waals surface area contributed by atoms with Crippen molar-refractivity contribution in [3.8, 4) is 0 Å². The van der Waals surface area contributed by atoms with E-state index in [-0.39, 0.29) is 17.6 Å². The minimum Gasteiger partial charge on any atom is -0.544 e. The molecular weight excluding hydrogens is 278 g/mol. The molecule has 1 N–H and O–H groups in total. The van der Waals surface area contributed by atoms with Crippen molar-refractivity contribution in [2.24, 2.45) is 0 Å². The van der Waals surface area contributed by atoms with Gasteiger partial charge in [0.15, 0.2) is 0 Å². The second kappa shape index (κ2) is 7.73. The molecule has 22 heavy (non-hydrogen) atoms. The summed E-state index contributed by atoms with van der Waals surface area (Å²) in [4.78, 5) is 11.3. The van der Waals surface area contributed by atoms with Crippen LogP contribution in [0.1, 0.15) is 11.1 Å². The lowest BCUT2D eigenvalue weighted by Crippen LogP contribution is -2.54. The van der Waals surface area contributed by atoms with Gasteiger partial charge in [-0.2, -0.15) is 0 Å². The molecule has 0 heterocycles. The van der Waals surface area contributed by atoms with Crippen LogP contribution in [0.4, 0.5) is 0 Å². The van der Waals surface area contributed by atoms with Crippen LogP contribution in [0.25, 0.3) is 0 Å². The normalized spacial score (nSPS) is 11.3. The predicted octanol–water partition coefficient (Wildman–Crippen LogP) is 0.946. The zero-order valence-corrected chi connectivity index (χ0v) is 12.5. The number of quaternary nitrogens is 1. The third-order valence-electron chi connectivity index (χ3n) is 3.76. The fourth-order valence-electron chi connectivity index (χ4n) is 2.83. The van der Waals surface area contributed by atoms with Crippen LogP contribution < -0.4 is 5.11 Å². The summed E-state index contributed by atoms with van der Waals surface area (Å²) < 4.78 is 0.243. The molecule has 0 amide bonds. The number of carboxylic acids is 1. The number of aliphatic hydroxyl groups excluding tert-OH is 1. The summed E-state index contributed by atoms with van der Waals surface area (Å²) in [7, 11) is 0. The van der Waals surface area contributed by atoms with Gasteiger partial charge in [0.1, 0.15) is 26.2 Å². The van der Waals surface area contributed by atoms with E-state index in [9.17, 15) is 15.0 Å². The number of aliphatic hydroxyl groups is 1. The summed E-state index contributed by atoms with van der Waals surface area (Å²) in [6, 6.07) is 19.5. The Kier molecular flexibility index (Phi) is 5.69. The summed E-state index contributed by atoms with van der Waals surface area (Å²) >= 11 is 0. The quantitative estimate of drug-likeness (QED) is 0.738. The molecule has 0 unspecified atom stereocenters. The molecule has 0 radical (unpaired) electrons. The van der Waals surface area contributed by atoms with E-state index in [1.165, 1.54) is 0 Å². The van der Waals surface area contributed by atoms with Crippen molar-refractivity contribution in [3.05, 3.63) is 71.8 Å². The zero-order valence-electron chi connectivity index (χ0n) is 12.5. The van der Waals surface area contributed by atoms with Gasteiger partial charge in [0.2, 0.25) is 0 Å². The monoisotopic (exact) mass is 299 g/mol. The molecule has 0 aliphatic carbocycles. The van der Waals surface area contributed by atoms with Crippen molar-refractivity contribution in [2.45, 2.75) is 13.1 Å². The minimum absolute atomic E-state index is 0.0626. The van der Waals surface area contributed by atoms with E-state index in [2.05, 4.69) is 0 Å². The van der Waals surface area contributed by atoms with E-state index in [0.717, 1.165) is 11.1 Å². The maximum Gasteiger partial charge on any atom is 0.120 e. The first-order valence-electron chi connectivity index (χ1n) is 7.37. The van der Waals surface area contributed by atoms with Crippen LogP contribution in [0.2, 0.25) is 0 Å². The standard InChI is InChI=1S/C18H21NO3/c20-12-11-19(15-18(21)22,13-16-7-3-1-4-8-16)14-17-9-5-2-6-10-17/h1-10,20H,11-15H2. The maximum atomic E-state index is 11.3. The lowest BCUT2D eigenvalue weighted by Gasteiger charge is -2.39. The van der Waals surface area contributed by atoms with Crippen LogP contribution in [-0.4, -0.2) is 35.3 Å². The number of rotatable bonds is 8. The third-order valence-corrected chi connectivity index (χ3v) is 3.76. The fourth-order valence-corrected chi connectivity index (χ4v) is 2.83. The molecule has 0 aromatic heterocycles. The molecule has 0 bridgehead atoms. The van der Waals surface area contributed by atoms with Gasteiger partial charge in [0, 0.05) is 11.1 Å². The molecule has 2 aromatic carbocycles. The van der Waals surface area contributed by atoms with Crippen LogP contribution in [0.5, 0.6) is 0 Å². The molecule has 116 valence electrons. The largest absolute Gasteiger partial charge is 0.544 e. The van der Waals surface area contributed by atoms with E-state index in [4.69, 9.17) is 0 Å². The average molecular weight is 299 g/mol. The molecule has 0 aliphatic rings. The summed E-state index contributed by atoms with van der Waals surface area (Å²) in [5, 5.41) is 20.7. The molecule has 0 atom stereocenters. The minimum atomic E-state index is -1.10. The summed E-state index contributed by atoms with van der Waals surface area (Å²) in [6.45, 7) is 1.28. The highest BCUT2D eigenvalue weighted by Gasteiger charge is 2.28. The maximum absolute atomic E-state index is 11.3. The van der Waals surface area contributed by atoms with Gasteiger partial charge in [0.25, 0.3) is 0 Å². The van der Waals surface area contributed by atoms with E-state index < -0.39 is 5.97 Å². The Bertz CT molecular complexity index is 542. The highest BCUT2D eigenvalue weighted by Crippen LogP contribution is 2.19. The second-order valence-electron chi connectivity index (χ2n) is 5.61. The first-order chi connectivity index (χ1) is 10.6. The Balaban J connectivity index is 2.30. The Morgan fingerprint density at radius 2 is 1.36 bits per heavy atom. The van der Waals surface area contributed by atoms with Crippen LogP contribution in [0, 0.1) is 0 Å². The van der Waals surface area contributed by atoms with Crippen molar-refractivity contribution in [1.82, 2.24) is 0 Å². The summed E-state index contributed by atoms with van der Waals surface area (Å²) in [6.07, 6.45) is 0. The first kappa shape index (κ1) is 16.2. The van der Waals surface area contributed by atoms with Crippen molar-refractivity contribution in [1.29, 1.82) is 0 Å². The van der Waals surface area contributed by atoms with Crippen LogP contribution >= 0.6 is 0 Å². The predicted molar refractivity (Wildman–Crippen MR) is 82.4 cm³/mol. The molecule has 0 spiro atoms. The number of carbonyl (C=O) groups is 1. The summed E-state index contributed by atoms with van der Waals surface area (Å²) in [5.74, 6) is -1.10. The molecule has 0 fully saturated rings. The molecule has 4 heteroatoms. The van der Waals surface area contributed by atoms with Gasteiger partial charge in [-0.3, -0.25) is 0 Å². The number of aliphatic carboxylic acids is 1. The highest BCUT2D eigenvalue weighted by atomic mass is 16.4. The lowest BCUT2D eigenvalue weighted by atomic mass is 10.1. The topological polar surface area (TPSA) is 60.4 Å². The van der Waals surface area contributed by atoms with Crippen LogP contribution in [-0.2, 0) is 17.9 Å². The first-order valence-corrected chi connectivity index (χ1v) is 7.37. The molecular formula is C18H21NO3. The van der Waals surface area contributed by atoms with Gasteiger partial charge >= 0.3 is 0 Å². The van der Waals surface area contributed by atoms with Crippen molar-refractivity contribution >= 4 is 5.97 Å². The number of carboxylic acid groups (broad SMARTS) is 1. The highest BCUT2D eigenvalue weighted by molar-refractivity contribution is 5.65. The molecule has 2 rings (SSSR count). The number of benzene rings is 2. The smallest absolute Gasteiger partial charge is 0.120 e. The van der Waals surface area contributed by atoms with Gasteiger partial charge in [-0.15, -0.1) is 0 Å². The van der Waals surface area contributed by atoms with Gasteiger partial charge in [-0.25, -0.2) is 0 Å². The van der Waals surface area contributed by atoms with E-state index in [0.29, 0.717) is 19.6 Å². The number of hydrogen-bond donors (Lipinski definition) is 1. The molecule has 4 nitrogen and oxygen atoms in total. The Labute approximate surface area is 130 Å². The molecule has 0 saturated carbocycles. The molecule has 0 aliphatic heterocycles. The van der Waals surface area contributed by atoms with Crippen molar-refractivity contribution in [2.75, 3.05) is 19.7 Å². The van der Waals surface area contributed by atoms with Gasteiger partial charge in [-0.1, -0.05) is 60.7 Å². The second-order valence-corrected chi connectivity index (χ2v) is 5.61. The van der Waals surface area contributed by atoms with E-state index in [1.807, 2.05) is 60.7 Å². The van der Waals surface area contributed by atoms with Crippen LogP contribution in [0.15, 0.2) is 60.7 Å². The number of hydrogen-bond acceptors (Lipinski definition) is 3. The fraction of sp³-hybridized carbons (Fsp3) is 0.278. The molecule has 0 saturated heterocycles. The van der Waals surface area contributed by atoms with Gasteiger partial charge in [-0.05, 0) is 0 Å². The Morgan fingerprint density at radius 1 is 0.909 bits per heavy atom. The zero-order chi connectivity index (χ0) is 15.8. The average Bonchev–Trinajstić information content (AvgIpc) is 2.48. The SMILES string of the molecule is O=C([O-])C[N+](CCO)(Cc1ccccc1)Cc1ccccc1. The van der Waals surface area contributed by atoms with E-state index in [1.54, 1.807) is 0 Å². The third kappa shape index (κ3) is 4.69. The number of nitrogens with zero attached hydrogens (tertiary/aromatic N) is 1.